The predicted molar refractivity (Wildman–Crippen MR) is 106 cm³/mol. The number of hydrogen-bond donors (Lipinski definition) is 6. The molecule has 1 saturated heterocycles. The molecule has 2 rings (SSSR count). The Morgan fingerprint density at radius 2 is 1.60 bits per heavy atom. The Morgan fingerprint density at radius 1 is 1.03 bits per heavy atom. The minimum atomic E-state index is -1.95. The molecular weight excluding hydrogens is 396 g/mol. The first-order valence-corrected chi connectivity index (χ1v) is 10.5. The molecule has 9 nitrogen and oxygen atoms in total. The van der Waals surface area contributed by atoms with Crippen molar-refractivity contribution in [2.45, 2.75) is 103 Å². The number of ether oxygens (including phenoxy) is 2. The van der Waals surface area contributed by atoms with Gasteiger partial charge in [-0.25, -0.2) is 0 Å². The molecule has 6 N–H and O–H groups in total. The van der Waals surface area contributed by atoms with Crippen LogP contribution in [0, 0.1) is 16.7 Å². The number of aliphatic hydroxyl groups excluding tert-OH is 5. The monoisotopic (exact) mass is 434 g/mol. The number of Topliss-reactive ketones (excluding diaryl/α,β-unsaturated/α-hetero) is 1. The summed E-state index contributed by atoms with van der Waals surface area (Å²) in [4.78, 5) is 13.3. The average Bonchev–Trinajstić information content (AvgIpc) is 2.67. The third-order valence-electron chi connectivity index (χ3n) is 6.69. The Balaban J connectivity index is 2.36. The third kappa shape index (κ3) is 4.19. The SMILES string of the molecule is CC(C)CC[C@@]1(O)C(=O)C(C)(C)[C@H](O[C@@H]2O[C@H](CO)[C@@H](O)[C@H](O)[C@H]2O)C(C)(C)[C@H]1O. The smallest absolute Gasteiger partial charge is 0.187 e. The molecule has 0 aromatic rings. The quantitative estimate of drug-likeness (QED) is 0.319. The van der Waals surface area contributed by atoms with E-state index >= 15 is 0 Å². The fourth-order valence-corrected chi connectivity index (χ4v) is 4.91. The molecule has 8 atom stereocenters. The number of hydrogen-bond acceptors (Lipinski definition) is 9. The molecule has 0 radical (unpaired) electrons. The largest absolute Gasteiger partial charge is 0.394 e. The molecule has 0 amide bonds. The minimum Gasteiger partial charge on any atom is -0.394 e. The summed E-state index contributed by atoms with van der Waals surface area (Å²) in [6, 6.07) is 0. The predicted octanol–water partition coefficient (Wildman–Crippen LogP) is -0.665. The van der Waals surface area contributed by atoms with Gasteiger partial charge in [0.1, 0.15) is 30.0 Å². The van der Waals surface area contributed by atoms with E-state index in [1.54, 1.807) is 27.7 Å². The van der Waals surface area contributed by atoms with Crippen molar-refractivity contribution < 1.29 is 44.9 Å². The van der Waals surface area contributed by atoms with Gasteiger partial charge in [-0.05, 0) is 18.8 Å². The van der Waals surface area contributed by atoms with Gasteiger partial charge in [0.15, 0.2) is 12.1 Å². The lowest BCUT2D eigenvalue weighted by molar-refractivity contribution is -0.338. The molecule has 2 aliphatic rings. The van der Waals surface area contributed by atoms with E-state index in [2.05, 4.69) is 0 Å². The minimum absolute atomic E-state index is 0.101. The molecule has 1 saturated carbocycles. The molecular formula is C21H38O9. The van der Waals surface area contributed by atoms with Crippen molar-refractivity contribution in [1.29, 1.82) is 0 Å². The van der Waals surface area contributed by atoms with Gasteiger partial charge in [-0.1, -0.05) is 41.5 Å². The van der Waals surface area contributed by atoms with Crippen molar-refractivity contribution in [1.82, 2.24) is 0 Å². The van der Waals surface area contributed by atoms with Gasteiger partial charge < -0.3 is 40.1 Å². The fraction of sp³-hybridized carbons (Fsp3) is 0.952. The van der Waals surface area contributed by atoms with Crippen LogP contribution >= 0.6 is 0 Å². The van der Waals surface area contributed by atoms with Crippen molar-refractivity contribution in [3.05, 3.63) is 0 Å². The molecule has 1 heterocycles. The van der Waals surface area contributed by atoms with Gasteiger partial charge in [-0.2, -0.15) is 0 Å². The summed E-state index contributed by atoms with van der Waals surface area (Å²) in [5.74, 6) is -0.347. The molecule has 2 fully saturated rings. The van der Waals surface area contributed by atoms with E-state index in [0.717, 1.165) is 0 Å². The van der Waals surface area contributed by atoms with Gasteiger partial charge in [-0.15, -0.1) is 0 Å². The Bertz CT molecular complexity index is 618. The Morgan fingerprint density at radius 3 is 2.10 bits per heavy atom. The number of aliphatic hydroxyl groups is 6. The highest BCUT2D eigenvalue weighted by Gasteiger charge is 2.66. The van der Waals surface area contributed by atoms with E-state index in [1.807, 2.05) is 13.8 Å². The van der Waals surface area contributed by atoms with Crippen LogP contribution in [0.2, 0.25) is 0 Å². The van der Waals surface area contributed by atoms with E-state index in [9.17, 15) is 35.4 Å². The molecule has 0 unspecified atom stereocenters. The first kappa shape index (κ1) is 25.6. The van der Waals surface area contributed by atoms with Gasteiger partial charge in [0, 0.05) is 5.41 Å². The zero-order valence-electron chi connectivity index (χ0n) is 18.6. The van der Waals surface area contributed by atoms with E-state index in [4.69, 9.17) is 9.47 Å². The molecule has 0 aromatic carbocycles. The lowest BCUT2D eigenvalue weighted by atomic mass is 9.54. The van der Waals surface area contributed by atoms with Crippen LogP contribution in [-0.2, 0) is 14.3 Å². The lowest BCUT2D eigenvalue weighted by Gasteiger charge is -2.57. The Labute approximate surface area is 177 Å². The first-order valence-electron chi connectivity index (χ1n) is 10.5. The van der Waals surface area contributed by atoms with Crippen LogP contribution in [-0.4, -0.2) is 91.5 Å². The van der Waals surface area contributed by atoms with Gasteiger partial charge >= 0.3 is 0 Å². The van der Waals surface area contributed by atoms with Gasteiger partial charge in [0.2, 0.25) is 0 Å². The zero-order valence-corrected chi connectivity index (χ0v) is 18.6. The normalized spacial score (nSPS) is 43.8. The van der Waals surface area contributed by atoms with E-state index < -0.39 is 71.7 Å². The van der Waals surface area contributed by atoms with Crippen LogP contribution in [0.4, 0.5) is 0 Å². The summed E-state index contributed by atoms with van der Waals surface area (Å²) in [6.07, 6.45) is -9.22. The molecule has 0 spiro atoms. The van der Waals surface area contributed by atoms with Crippen LogP contribution in [0.15, 0.2) is 0 Å². The summed E-state index contributed by atoms with van der Waals surface area (Å²) in [5, 5.41) is 62.0. The number of ketones is 1. The van der Waals surface area contributed by atoms with Crippen molar-refractivity contribution >= 4 is 5.78 Å². The second-order valence-electron chi connectivity index (χ2n) is 10.3. The summed E-state index contributed by atoms with van der Waals surface area (Å²) >= 11 is 0. The van der Waals surface area contributed by atoms with E-state index in [0.29, 0.717) is 6.42 Å². The molecule has 1 aliphatic heterocycles. The molecule has 176 valence electrons. The third-order valence-corrected chi connectivity index (χ3v) is 6.69. The standard InChI is InChI=1S/C21H38O9/c1-10(2)7-8-21(28)16(26)19(3,4)18(20(5,6)17(21)27)30-15-14(25)13(24)12(23)11(9-22)29-15/h10-16,18,22-26,28H,7-9H2,1-6H3/t11-,12-,13+,14-,15+,16-,18-,21+/m1/s1. The number of carbonyl (C=O) groups is 1. The highest BCUT2D eigenvalue weighted by molar-refractivity contribution is 5.94. The maximum absolute atomic E-state index is 13.3. The number of carbonyl (C=O) groups excluding carboxylic acids is 1. The van der Waals surface area contributed by atoms with Gasteiger partial charge in [0.05, 0.1) is 24.2 Å². The van der Waals surface area contributed by atoms with Crippen LogP contribution < -0.4 is 0 Å². The van der Waals surface area contributed by atoms with Crippen molar-refractivity contribution in [2.24, 2.45) is 16.7 Å². The van der Waals surface area contributed by atoms with Gasteiger partial charge in [0.25, 0.3) is 0 Å². The van der Waals surface area contributed by atoms with Crippen molar-refractivity contribution in [3.8, 4) is 0 Å². The second-order valence-corrected chi connectivity index (χ2v) is 10.3. The summed E-state index contributed by atoms with van der Waals surface area (Å²) in [6.45, 7) is 9.81. The number of rotatable bonds is 6. The highest BCUT2D eigenvalue weighted by Crippen LogP contribution is 2.52. The molecule has 30 heavy (non-hydrogen) atoms. The van der Waals surface area contributed by atoms with Crippen LogP contribution in [0.1, 0.15) is 54.4 Å². The van der Waals surface area contributed by atoms with Crippen LogP contribution in [0.3, 0.4) is 0 Å². The maximum atomic E-state index is 13.3. The topological polar surface area (TPSA) is 157 Å². The summed E-state index contributed by atoms with van der Waals surface area (Å²) < 4.78 is 11.4. The molecule has 0 bridgehead atoms. The first-order chi connectivity index (χ1) is 13.6. The van der Waals surface area contributed by atoms with Crippen molar-refractivity contribution in [3.63, 3.8) is 0 Å². The molecule has 1 aliphatic carbocycles. The maximum Gasteiger partial charge on any atom is 0.187 e. The Hall–Kier alpha value is -0.650. The molecule has 9 heteroatoms. The van der Waals surface area contributed by atoms with Crippen molar-refractivity contribution in [2.75, 3.05) is 6.61 Å². The lowest BCUT2D eigenvalue weighted by Crippen LogP contribution is -2.72. The average molecular weight is 435 g/mol. The fourth-order valence-electron chi connectivity index (χ4n) is 4.91. The van der Waals surface area contributed by atoms with Crippen LogP contribution in [0.25, 0.3) is 0 Å². The summed E-state index contributed by atoms with van der Waals surface area (Å²) in [7, 11) is 0. The van der Waals surface area contributed by atoms with E-state index in [-0.39, 0.29) is 12.3 Å². The Kier molecular flexibility index (Phi) is 7.43. The highest BCUT2D eigenvalue weighted by atomic mass is 16.7. The van der Waals surface area contributed by atoms with E-state index in [1.165, 1.54) is 0 Å². The van der Waals surface area contributed by atoms with Crippen LogP contribution in [0.5, 0.6) is 0 Å². The summed E-state index contributed by atoms with van der Waals surface area (Å²) in [5.41, 5.74) is -4.36. The molecule has 0 aromatic heterocycles. The second kappa shape index (κ2) is 8.71. The zero-order chi connectivity index (χ0) is 23.2. The van der Waals surface area contributed by atoms with Gasteiger partial charge in [-0.3, -0.25) is 4.79 Å².